The molecule has 19 heavy (non-hydrogen) atoms. The first-order chi connectivity index (χ1) is 8.92. The van der Waals surface area contributed by atoms with Gasteiger partial charge in [-0.25, -0.2) is 8.42 Å². The highest BCUT2D eigenvalue weighted by atomic mass is 35.5. The van der Waals surface area contributed by atoms with Crippen LogP contribution in [0.1, 0.15) is 15.9 Å². The Morgan fingerprint density at radius 1 is 1.32 bits per heavy atom. The van der Waals surface area contributed by atoms with Crippen LogP contribution in [0.15, 0.2) is 34.5 Å². The quantitative estimate of drug-likeness (QED) is 0.880. The minimum absolute atomic E-state index is 0.145. The van der Waals surface area contributed by atoms with Gasteiger partial charge in [0, 0.05) is 11.3 Å². The Balaban J connectivity index is 2.33. The van der Waals surface area contributed by atoms with Crippen molar-refractivity contribution >= 4 is 44.9 Å². The van der Waals surface area contributed by atoms with Gasteiger partial charge in [0.25, 0.3) is 10.0 Å². The molecule has 4 nitrogen and oxygen atoms in total. The van der Waals surface area contributed by atoms with Crippen LogP contribution >= 0.6 is 22.9 Å². The van der Waals surface area contributed by atoms with Gasteiger partial charge in [-0.05, 0) is 30.7 Å². The molecule has 0 aliphatic heterocycles. The van der Waals surface area contributed by atoms with Gasteiger partial charge in [0.15, 0.2) is 0 Å². The highest BCUT2D eigenvalue weighted by Gasteiger charge is 2.18. The van der Waals surface area contributed by atoms with Crippen LogP contribution in [0.2, 0.25) is 4.34 Å². The van der Waals surface area contributed by atoms with E-state index in [1.807, 2.05) is 0 Å². The Labute approximate surface area is 120 Å². The van der Waals surface area contributed by atoms with E-state index in [-0.39, 0.29) is 4.21 Å². The topological polar surface area (TPSA) is 63.2 Å². The molecule has 0 aliphatic carbocycles. The largest absolute Gasteiger partial charge is 0.298 e. The van der Waals surface area contributed by atoms with E-state index in [1.165, 1.54) is 12.1 Å². The number of benzene rings is 1. The lowest BCUT2D eigenvalue weighted by molar-refractivity contribution is 0.112. The maximum Gasteiger partial charge on any atom is 0.271 e. The maximum absolute atomic E-state index is 12.1. The van der Waals surface area contributed by atoms with Gasteiger partial charge in [0.05, 0.1) is 4.34 Å². The zero-order chi connectivity index (χ0) is 14.0. The van der Waals surface area contributed by atoms with E-state index in [0.717, 1.165) is 11.3 Å². The van der Waals surface area contributed by atoms with Crippen LogP contribution in [0.5, 0.6) is 0 Å². The van der Waals surface area contributed by atoms with Crippen molar-refractivity contribution in [2.24, 2.45) is 0 Å². The van der Waals surface area contributed by atoms with Crippen LogP contribution in [0.4, 0.5) is 5.69 Å². The number of carbonyl (C=O) groups is 1. The zero-order valence-corrected chi connectivity index (χ0v) is 12.3. The molecule has 0 saturated heterocycles. The molecule has 0 atom stereocenters. The minimum Gasteiger partial charge on any atom is -0.298 e. The molecule has 0 amide bonds. The van der Waals surface area contributed by atoms with Crippen molar-refractivity contribution in [1.29, 1.82) is 0 Å². The second-order valence-electron chi connectivity index (χ2n) is 3.87. The molecule has 7 heteroatoms. The standard InChI is InChI=1S/C12H10ClNO3S2/c1-8-5-11(18-12(8)13)19(16,17)14-10-4-2-3-9(6-10)7-15/h2-7,14H,1H3. The third kappa shape index (κ3) is 3.15. The van der Waals surface area contributed by atoms with Gasteiger partial charge in [0.1, 0.15) is 10.5 Å². The monoisotopic (exact) mass is 315 g/mol. The van der Waals surface area contributed by atoms with Crippen LogP contribution in [-0.2, 0) is 10.0 Å². The van der Waals surface area contributed by atoms with E-state index in [2.05, 4.69) is 4.72 Å². The molecule has 0 aliphatic rings. The lowest BCUT2D eigenvalue weighted by Crippen LogP contribution is -2.11. The Morgan fingerprint density at radius 3 is 2.63 bits per heavy atom. The van der Waals surface area contributed by atoms with Crippen molar-refractivity contribution in [3.8, 4) is 0 Å². The van der Waals surface area contributed by atoms with Crippen molar-refractivity contribution in [2.45, 2.75) is 11.1 Å². The fraction of sp³-hybridized carbons (Fsp3) is 0.0833. The summed E-state index contributed by atoms with van der Waals surface area (Å²) >= 11 is 6.86. The number of hydrogen-bond acceptors (Lipinski definition) is 4. The second kappa shape index (κ2) is 5.32. The van der Waals surface area contributed by atoms with Gasteiger partial charge in [-0.3, -0.25) is 9.52 Å². The highest BCUT2D eigenvalue weighted by molar-refractivity contribution is 7.94. The highest BCUT2D eigenvalue weighted by Crippen LogP contribution is 2.31. The zero-order valence-electron chi connectivity index (χ0n) is 9.88. The number of thiophene rings is 1. The summed E-state index contributed by atoms with van der Waals surface area (Å²) in [5.74, 6) is 0. The number of anilines is 1. The summed E-state index contributed by atoms with van der Waals surface area (Å²) in [6.07, 6.45) is 0.657. The fourth-order valence-corrected chi connectivity index (χ4v) is 4.20. The average molecular weight is 316 g/mol. The van der Waals surface area contributed by atoms with E-state index in [0.29, 0.717) is 27.4 Å². The predicted molar refractivity (Wildman–Crippen MR) is 76.7 cm³/mol. The number of nitrogens with one attached hydrogen (secondary N) is 1. The van der Waals surface area contributed by atoms with Gasteiger partial charge < -0.3 is 0 Å². The average Bonchev–Trinajstić information content (AvgIpc) is 2.70. The van der Waals surface area contributed by atoms with Crippen LogP contribution in [0.25, 0.3) is 0 Å². The third-order valence-electron chi connectivity index (χ3n) is 2.37. The molecule has 2 rings (SSSR count). The molecule has 0 saturated carbocycles. The molecular weight excluding hydrogens is 306 g/mol. The van der Waals surface area contributed by atoms with Crippen molar-refractivity contribution in [3.63, 3.8) is 0 Å². The summed E-state index contributed by atoms with van der Waals surface area (Å²) in [5, 5.41) is 0. The summed E-state index contributed by atoms with van der Waals surface area (Å²) < 4.78 is 27.2. The molecule has 1 aromatic carbocycles. The van der Waals surface area contributed by atoms with E-state index >= 15 is 0 Å². The normalized spacial score (nSPS) is 11.3. The van der Waals surface area contributed by atoms with E-state index in [9.17, 15) is 13.2 Å². The van der Waals surface area contributed by atoms with Crippen molar-refractivity contribution in [3.05, 3.63) is 45.8 Å². The maximum atomic E-state index is 12.1. The van der Waals surface area contributed by atoms with Crippen molar-refractivity contribution in [1.82, 2.24) is 0 Å². The summed E-state index contributed by atoms with van der Waals surface area (Å²) in [4.78, 5) is 10.6. The van der Waals surface area contributed by atoms with E-state index < -0.39 is 10.0 Å². The number of rotatable bonds is 4. The fourth-order valence-electron chi connectivity index (χ4n) is 1.45. The predicted octanol–water partition coefficient (Wildman–Crippen LogP) is 3.32. The second-order valence-corrected chi connectivity index (χ2v) is 7.43. The van der Waals surface area contributed by atoms with Crippen LogP contribution in [0, 0.1) is 6.92 Å². The molecule has 100 valence electrons. The molecule has 2 aromatic rings. The van der Waals surface area contributed by atoms with Crippen molar-refractivity contribution in [2.75, 3.05) is 4.72 Å². The minimum atomic E-state index is -3.67. The number of aryl methyl sites for hydroxylation is 1. The molecule has 0 bridgehead atoms. The Kier molecular flexibility index (Phi) is 3.93. The molecule has 1 aromatic heterocycles. The number of carbonyl (C=O) groups excluding carboxylic acids is 1. The Hall–Kier alpha value is -1.37. The lowest BCUT2D eigenvalue weighted by Gasteiger charge is -2.06. The van der Waals surface area contributed by atoms with Gasteiger partial charge in [-0.1, -0.05) is 23.7 Å². The van der Waals surface area contributed by atoms with E-state index in [1.54, 1.807) is 25.1 Å². The lowest BCUT2D eigenvalue weighted by atomic mass is 10.2. The number of aldehydes is 1. The number of sulfonamides is 1. The molecule has 0 spiro atoms. The number of hydrogen-bond donors (Lipinski definition) is 1. The van der Waals surface area contributed by atoms with Crippen LogP contribution in [-0.4, -0.2) is 14.7 Å². The first-order valence-electron chi connectivity index (χ1n) is 5.26. The first kappa shape index (κ1) is 14.0. The Bertz CT molecular complexity index is 703. The third-order valence-corrected chi connectivity index (χ3v) is 5.78. The molecular formula is C12H10ClNO3S2. The molecule has 0 fully saturated rings. The van der Waals surface area contributed by atoms with Crippen LogP contribution < -0.4 is 4.72 Å². The van der Waals surface area contributed by atoms with E-state index in [4.69, 9.17) is 11.6 Å². The SMILES string of the molecule is Cc1cc(S(=O)(=O)Nc2cccc(C=O)c2)sc1Cl. The number of halogens is 1. The molecule has 1 N–H and O–H groups in total. The van der Waals surface area contributed by atoms with Crippen molar-refractivity contribution < 1.29 is 13.2 Å². The smallest absolute Gasteiger partial charge is 0.271 e. The summed E-state index contributed by atoms with van der Waals surface area (Å²) in [6, 6.07) is 7.75. The van der Waals surface area contributed by atoms with Gasteiger partial charge in [0.2, 0.25) is 0 Å². The Morgan fingerprint density at radius 2 is 2.05 bits per heavy atom. The summed E-state index contributed by atoms with van der Waals surface area (Å²) in [6.45, 7) is 1.74. The summed E-state index contributed by atoms with van der Waals surface area (Å²) in [7, 11) is -3.67. The van der Waals surface area contributed by atoms with Gasteiger partial charge in [-0.15, -0.1) is 11.3 Å². The first-order valence-corrected chi connectivity index (χ1v) is 7.94. The molecule has 1 heterocycles. The summed E-state index contributed by atoms with van der Waals surface area (Å²) in [5.41, 5.74) is 1.46. The van der Waals surface area contributed by atoms with Crippen LogP contribution in [0.3, 0.4) is 0 Å². The molecule has 0 radical (unpaired) electrons. The molecule has 0 unspecified atom stereocenters. The van der Waals surface area contributed by atoms with Gasteiger partial charge >= 0.3 is 0 Å². The van der Waals surface area contributed by atoms with Gasteiger partial charge in [-0.2, -0.15) is 0 Å².